The van der Waals surface area contributed by atoms with E-state index in [4.69, 9.17) is 23.2 Å². The van der Waals surface area contributed by atoms with Crippen LogP contribution in [0.3, 0.4) is 0 Å². The molecule has 6 heteroatoms. The molecule has 0 unspecified atom stereocenters. The van der Waals surface area contributed by atoms with Crippen LogP contribution in [0.25, 0.3) is 5.65 Å². The van der Waals surface area contributed by atoms with E-state index in [1.165, 1.54) is 0 Å². The summed E-state index contributed by atoms with van der Waals surface area (Å²) < 4.78 is 2.30. The van der Waals surface area contributed by atoms with Gasteiger partial charge in [0.1, 0.15) is 5.69 Å². The molecule has 2 heterocycles. The molecule has 0 saturated carbocycles. The zero-order valence-electron chi connectivity index (χ0n) is 6.67. The maximum Gasteiger partial charge on any atom is 0.170 e. The van der Waals surface area contributed by atoms with E-state index < -0.39 is 0 Å². The Balaban J connectivity index is 2.94. The first-order valence-corrected chi connectivity index (χ1v) is 5.16. The molecule has 2 aromatic rings. The van der Waals surface area contributed by atoms with Crippen LogP contribution >= 0.6 is 39.1 Å². The standard InChI is InChI=1S/C8H3BrCl2N2O/c9-4-1-5(10)8-12-7(11)6(3-14)13(8)2-4/h1-3H. The van der Waals surface area contributed by atoms with Crippen LogP contribution < -0.4 is 0 Å². The summed E-state index contributed by atoms with van der Waals surface area (Å²) in [6.45, 7) is 0. The number of rotatable bonds is 1. The van der Waals surface area contributed by atoms with Crippen molar-refractivity contribution in [3.8, 4) is 0 Å². The Morgan fingerprint density at radius 3 is 2.86 bits per heavy atom. The number of nitrogens with zero attached hydrogens (tertiary/aromatic N) is 2. The maximum atomic E-state index is 10.7. The molecule has 0 spiro atoms. The van der Waals surface area contributed by atoms with Crippen molar-refractivity contribution >= 4 is 51.1 Å². The minimum atomic E-state index is 0.153. The summed E-state index contributed by atoms with van der Waals surface area (Å²) in [5.41, 5.74) is 0.770. The Hall–Kier alpha value is -0.580. The molecule has 0 aliphatic rings. The highest BCUT2D eigenvalue weighted by molar-refractivity contribution is 9.10. The third-order valence-corrected chi connectivity index (χ3v) is 2.74. The van der Waals surface area contributed by atoms with Crippen molar-refractivity contribution in [3.63, 3.8) is 0 Å². The van der Waals surface area contributed by atoms with Gasteiger partial charge in [0.05, 0.1) is 5.02 Å². The van der Waals surface area contributed by atoms with Crippen molar-refractivity contribution in [2.24, 2.45) is 0 Å². The van der Waals surface area contributed by atoms with E-state index in [2.05, 4.69) is 20.9 Å². The van der Waals surface area contributed by atoms with Gasteiger partial charge in [-0.25, -0.2) is 4.98 Å². The zero-order chi connectivity index (χ0) is 10.3. The van der Waals surface area contributed by atoms with Crippen molar-refractivity contribution in [1.82, 2.24) is 9.38 Å². The number of carbonyl (C=O) groups is 1. The molecule has 0 amide bonds. The van der Waals surface area contributed by atoms with E-state index in [0.29, 0.717) is 22.6 Å². The van der Waals surface area contributed by atoms with Crippen LogP contribution in [0.5, 0.6) is 0 Å². The summed E-state index contributed by atoms with van der Waals surface area (Å²) in [5.74, 6) is 0. The molecule has 14 heavy (non-hydrogen) atoms. The normalized spacial score (nSPS) is 10.8. The third-order valence-electron chi connectivity index (χ3n) is 1.75. The quantitative estimate of drug-likeness (QED) is 0.757. The van der Waals surface area contributed by atoms with Crippen LogP contribution in [0.15, 0.2) is 16.7 Å². The first-order chi connectivity index (χ1) is 6.63. The molecule has 0 N–H and O–H groups in total. The van der Waals surface area contributed by atoms with Crippen LogP contribution in [0.2, 0.25) is 10.2 Å². The summed E-state index contributed by atoms with van der Waals surface area (Å²) in [5, 5.41) is 0.592. The molecule has 0 aliphatic carbocycles. The van der Waals surface area contributed by atoms with Gasteiger partial charge in [-0.3, -0.25) is 9.20 Å². The molecule has 0 saturated heterocycles. The largest absolute Gasteiger partial charge is 0.296 e. The summed E-state index contributed by atoms with van der Waals surface area (Å²) >= 11 is 14.9. The van der Waals surface area contributed by atoms with Crippen LogP contribution in [0, 0.1) is 0 Å². The number of fused-ring (bicyclic) bond motifs is 1. The van der Waals surface area contributed by atoms with E-state index in [9.17, 15) is 4.79 Å². The number of aldehydes is 1. The van der Waals surface area contributed by atoms with Gasteiger partial charge in [-0.2, -0.15) is 0 Å². The van der Waals surface area contributed by atoms with Gasteiger partial charge in [0.2, 0.25) is 0 Å². The van der Waals surface area contributed by atoms with E-state index in [1.54, 1.807) is 16.7 Å². The van der Waals surface area contributed by atoms with Crippen LogP contribution in [0.4, 0.5) is 0 Å². The highest BCUT2D eigenvalue weighted by Crippen LogP contribution is 2.25. The topological polar surface area (TPSA) is 34.4 Å². The van der Waals surface area contributed by atoms with Crippen molar-refractivity contribution < 1.29 is 4.79 Å². The Bertz CT molecular complexity index is 524. The molecule has 0 fully saturated rings. The molecular formula is C8H3BrCl2N2O. The number of carbonyl (C=O) groups excluding carboxylic acids is 1. The lowest BCUT2D eigenvalue weighted by Gasteiger charge is -1.98. The smallest absolute Gasteiger partial charge is 0.170 e. The first kappa shape index (κ1) is 9.96. The Morgan fingerprint density at radius 2 is 2.21 bits per heavy atom. The summed E-state index contributed by atoms with van der Waals surface area (Å²) in [7, 11) is 0. The molecule has 0 bridgehead atoms. The fourth-order valence-electron chi connectivity index (χ4n) is 1.17. The number of hydrogen-bond donors (Lipinski definition) is 0. The Kier molecular flexibility index (Phi) is 2.51. The molecule has 72 valence electrons. The molecule has 2 rings (SSSR count). The van der Waals surface area contributed by atoms with Gasteiger partial charge in [-0.05, 0) is 22.0 Å². The lowest BCUT2D eigenvalue weighted by atomic mass is 10.4. The zero-order valence-corrected chi connectivity index (χ0v) is 9.77. The SMILES string of the molecule is O=Cc1c(Cl)nc2c(Cl)cc(Br)cn12. The van der Waals surface area contributed by atoms with Crippen LogP contribution in [0.1, 0.15) is 10.5 Å². The summed E-state index contributed by atoms with van der Waals surface area (Å²) in [6.07, 6.45) is 2.33. The summed E-state index contributed by atoms with van der Waals surface area (Å²) in [4.78, 5) is 14.7. The fraction of sp³-hybridized carbons (Fsp3) is 0. The Labute approximate surface area is 97.8 Å². The lowest BCUT2D eigenvalue weighted by Crippen LogP contribution is -1.91. The molecule has 2 aromatic heterocycles. The molecule has 0 atom stereocenters. The molecule has 0 aromatic carbocycles. The predicted molar refractivity (Wildman–Crippen MR) is 58.3 cm³/mol. The number of halogens is 3. The number of imidazole rings is 1. The molecule has 0 radical (unpaired) electrons. The van der Waals surface area contributed by atoms with E-state index in [-0.39, 0.29) is 5.15 Å². The minimum Gasteiger partial charge on any atom is -0.296 e. The fourth-order valence-corrected chi connectivity index (χ4v) is 2.20. The predicted octanol–water partition coefficient (Wildman–Crippen LogP) is 3.22. The van der Waals surface area contributed by atoms with Crippen molar-refractivity contribution in [2.75, 3.05) is 0 Å². The van der Waals surface area contributed by atoms with Gasteiger partial charge in [0.15, 0.2) is 17.1 Å². The van der Waals surface area contributed by atoms with Gasteiger partial charge >= 0.3 is 0 Å². The van der Waals surface area contributed by atoms with Crippen LogP contribution in [-0.4, -0.2) is 15.7 Å². The average molecular weight is 294 g/mol. The molecular weight excluding hydrogens is 291 g/mol. The van der Waals surface area contributed by atoms with Gasteiger partial charge in [-0.15, -0.1) is 0 Å². The van der Waals surface area contributed by atoms with E-state index >= 15 is 0 Å². The average Bonchev–Trinajstić information content (AvgIpc) is 2.41. The minimum absolute atomic E-state index is 0.153. The monoisotopic (exact) mass is 292 g/mol. The first-order valence-electron chi connectivity index (χ1n) is 3.61. The number of pyridine rings is 1. The highest BCUT2D eigenvalue weighted by atomic mass is 79.9. The maximum absolute atomic E-state index is 10.7. The molecule has 3 nitrogen and oxygen atoms in total. The van der Waals surface area contributed by atoms with Crippen molar-refractivity contribution in [2.45, 2.75) is 0 Å². The lowest BCUT2D eigenvalue weighted by molar-refractivity contribution is 0.111. The second-order valence-corrected chi connectivity index (χ2v) is 4.29. The van der Waals surface area contributed by atoms with E-state index in [0.717, 1.165) is 4.47 Å². The van der Waals surface area contributed by atoms with Crippen molar-refractivity contribution in [1.29, 1.82) is 0 Å². The second-order valence-electron chi connectivity index (χ2n) is 2.61. The van der Waals surface area contributed by atoms with Crippen molar-refractivity contribution in [3.05, 3.63) is 32.6 Å². The van der Waals surface area contributed by atoms with Gasteiger partial charge in [0.25, 0.3) is 0 Å². The molecule has 0 aliphatic heterocycles. The van der Waals surface area contributed by atoms with Crippen LogP contribution in [-0.2, 0) is 0 Å². The van der Waals surface area contributed by atoms with E-state index in [1.807, 2.05) is 0 Å². The highest BCUT2D eigenvalue weighted by Gasteiger charge is 2.12. The van der Waals surface area contributed by atoms with Gasteiger partial charge in [0, 0.05) is 10.7 Å². The van der Waals surface area contributed by atoms with Gasteiger partial charge < -0.3 is 0 Å². The third kappa shape index (κ3) is 1.43. The Morgan fingerprint density at radius 1 is 1.50 bits per heavy atom. The second kappa shape index (κ2) is 3.53. The number of aromatic nitrogens is 2. The number of hydrogen-bond acceptors (Lipinski definition) is 2. The summed E-state index contributed by atoms with van der Waals surface area (Å²) in [6, 6.07) is 1.69. The van der Waals surface area contributed by atoms with Gasteiger partial charge in [-0.1, -0.05) is 23.2 Å².